The van der Waals surface area contributed by atoms with E-state index in [2.05, 4.69) is 0 Å². The summed E-state index contributed by atoms with van der Waals surface area (Å²) in [6, 6.07) is 6.72. The van der Waals surface area contributed by atoms with Crippen LogP contribution in [0.4, 0.5) is 4.39 Å². The van der Waals surface area contributed by atoms with Crippen LogP contribution in [-0.2, 0) is 11.3 Å². The molecule has 0 radical (unpaired) electrons. The van der Waals surface area contributed by atoms with Gasteiger partial charge in [0.05, 0.1) is 0 Å². The molecule has 1 fully saturated rings. The van der Waals surface area contributed by atoms with Crippen molar-refractivity contribution in [2.75, 3.05) is 0 Å². The van der Waals surface area contributed by atoms with E-state index in [1.807, 2.05) is 24.8 Å². The zero-order chi connectivity index (χ0) is 14.0. The van der Waals surface area contributed by atoms with Crippen molar-refractivity contribution in [1.82, 2.24) is 4.90 Å². The van der Waals surface area contributed by atoms with Gasteiger partial charge in [0.15, 0.2) is 0 Å². The number of nitrogens with two attached hydrogens (primary N) is 1. The first-order chi connectivity index (χ1) is 8.85. The highest BCUT2D eigenvalue weighted by molar-refractivity contribution is 5.78. The molecule has 1 aromatic rings. The molecular weight excluding hydrogens is 243 g/mol. The van der Waals surface area contributed by atoms with Crippen molar-refractivity contribution in [3.63, 3.8) is 0 Å². The van der Waals surface area contributed by atoms with E-state index in [1.54, 1.807) is 6.07 Å². The lowest BCUT2D eigenvalue weighted by molar-refractivity contribution is -0.133. The van der Waals surface area contributed by atoms with Crippen LogP contribution in [0.15, 0.2) is 24.3 Å². The van der Waals surface area contributed by atoms with Gasteiger partial charge >= 0.3 is 0 Å². The van der Waals surface area contributed by atoms with Gasteiger partial charge in [-0.3, -0.25) is 4.79 Å². The van der Waals surface area contributed by atoms with Crippen molar-refractivity contribution in [3.8, 4) is 0 Å². The molecular formula is C15H21FN2O. The van der Waals surface area contributed by atoms with Gasteiger partial charge in [-0.15, -0.1) is 0 Å². The minimum absolute atomic E-state index is 0.0549. The summed E-state index contributed by atoms with van der Waals surface area (Å²) >= 11 is 0. The van der Waals surface area contributed by atoms with E-state index < -0.39 is 5.54 Å². The maximum absolute atomic E-state index is 13.2. The molecule has 0 saturated heterocycles. The van der Waals surface area contributed by atoms with Crippen molar-refractivity contribution >= 4 is 5.91 Å². The molecule has 104 valence electrons. The molecule has 0 atom stereocenters. The lowest BCUT2D eigenvalue weighted by Crippen LogP contribution is -2.41. The number of nitrogens with zero attached hydrogens (tertiary/aromatic N) is 1. The third-order valence-corrected chi connectivity index (χ3v) is 3.16. The van der Waals surface area contributed by atoms with E-state index in [9.17, 15) is 9.18 Å². The number of hydrogen-bond donors (Lipinski definition) is 1. The third kappa shape index (κ3) is 4.31. The fourth-order valence-corrected chi connectivity index (χ4v) is 2.13. The monoisotopic (exact) mass is 264 g/mol. The standard InChI is InChI=1S/C15H21FN2O/c1-15(2,17)9-14(19)18(13-6-7-13)10-11-4-3-5-12(16)8-11/h3-5,8,13H,6-7,9-10,17H2,1-2H3. The maximum atomic E-state index is 13.2. The molecule has 1 amide bonds. The van der Waals surface area contributed by atoms with Crippen LogP contribution < -0.4 is 5.73 Å². The molecule has 0 aromatic heterocycles. The number of rotatable bonds is 5. The minimum Gasteiger partial charge on any atom is -0.335 e. The number of amides is 1. The number of hydrogen-bond acceptors (Lipinski definition) is 2. The van der Waals surface area contributed by atoms with Crippen LogP contribution in [0.5, 0.6) is 0 Å². The number of carbonyl (C=O) groups excluding carboxylic acids is 1. The SMILES string of the molecule is CC(C)(N)CC(=O)N(Cc1cccc(F)c1)C1CC1. The van der Waals surface area contributed by atoms with E-state index >= 15 is 0 Å². The highest BCUT2D eigenvalue weighted by atomic mass is 19.1. The van der Waals surface area contributed by atoms with Gasteiger partial charge in [-0.1, -0.05) is 12.1 Å². The largest absolute Gasteiger partial charge is 0.335 e. The van der Waals surface area contributed by atoms with Gasteiger partial charge in [-0.2, -0.15) is 0 Å². The summed E-state index contributed by atoms with van der Waals surface area (Å²) < 4.78 is 13.2. The maximum Gasteiger partial charge on any atom is 0.224 e. The molecule has 1 aliphatic rings. The van der Waals surface area contributed by atoms with Gasteiger partial charge in [0.25, 0.3) is 0 Å². The molecule has 1 aliphatic carbocycles. The van der Waals surface area contributed by atoms with E-state index in [1.165, 1.54) is 12.1 Å². The Morgan fingerprint density at radius 3 is 2.68 bits per heavy atom. The molecule has 0 heterocycles. The van der Waals surface area contributed by atoms with E-state index in [-0.39, 0.29) is 11.7 Å². The lowest BCUT2D eigenvalue weighted by Gasteiger charge is -2.27. The van der Waals surface area contributed by atoms with Gasteiger partial charge in [-0.25, -0.2) is 4.39 Å². The van der Waals surface area contributed by atoms with Gasteiger partial charge in [-0.05, 0) is 44.4 Å². The van der Waals surface area contributed by atoms with Crippen LogP contribution in [-0.4, -0.2) is 22.4 Å². The smallest absolute Gasteiger partial charge is 0.224 e. The molecule has 2 rings (SSSR count). The number of carbonyl (C=O) groups is 1. The van der Waals surface area contributed by atoms with E-state index in [0.29, 0.717) is 19.0 Å². The zero-order valence-corrected chi connectivity index (χ0v) is 11.5. The van der Waals surface area contributed by atoms with E-state index in [4.69, 9.17) is 5.73 Å². The second-order valence-electron chi connectivity index (χ2n) is 6.05. The Balaban J connectivity index is 2.06. The average Bonchev–Trinajstić information content (AvgIpc) is 3.07. The Labute approximate surface area is 113 Å². The number of benzene rings is 1. The molecule has 19 heavy (non-hydrogen) atoms. The molecule has 1 aromatic carbocycles. The average molecular weight is 264 g/mol. The van der Waals surface area contributed by atoms with Gasteiger partial charge in [0.1, 0.15) is 5.82 Å². The third-order valence-electron chi connectivity index (χ3n) is 3.16. The first-order valence-electron chi connectivity index (χ1n) is 6.68. The van der Waals surface area contributed by atoms with Crippen LogP contribution in [0.1, 0.15) is 38.7 Å². The first-order valence-corrected chi connectivity index (χ1v) is 6.68. The normalized spacial score (nSPS) is 15.4. The van der Waals surface area contributed by atoms with E-state index in [0.717, 1.165) is 18.4 Å². The quantitative estimate of drug-likeness (QED) is 0.888. The van der Waals surface area contributed by atoms with Gasteiger partial charge in [0.2, 0.25) is 5.91 Å². The fraction of sp³-hybridized carbons (Fsp3) is 0.533. The predicted octanol–water partition coefficient (Wildman–Crippen LogP) is 2.44. The highest BCUT2D eigenvalue weighted by Crippen LogP contribution is 2.29. The van der Waals surface area contributed by atoms with Crippen LogP contribution >= 0.6 is 0 Å². The summed E-state index contributed by atoms with van der Waals surface area (Å²) in [5.41, 5.74) is 6.23. The van der Waals surface area contributed by atoms with Crippen molar-refractivity contribution in [1.29, 1.82) is 0 Å². The summed E-state index contributed by atoms with van der Waals surface area (Å²) in [6.45, 7) is 4.16. The molecule has 0 aliphatic heterocycles. The molecule has 0 spiro atoms. The molecule has 0 unspecified atom stereocenters. The van der Waals surface area contributed by atoms with Crippen LogP contribution in [0, 0.1) is 5.82 Å². The summed E-state index contributed by atoms with van der Waals surface area (Å²) in [5, 5.41) is 0. The Hall–Kier alpha value is -1.42. The summed E-state index contributed by atoms with van der Waals surface area (Å²) in [4.78, 5) is 14.1. The minimum atomic E-state index is -0.508. The zero-order valence-electron chi connectivity index (χ0n) is 11.5. The topological polar surface area (TPSA) is 46.3 Å². The Morgan fingerprint density at radius 1 is 1.47 bits per heavy atom. The molecule has 0 bridgehead atoms. The molecule has 1 saturated carbocycles. The Bertz CT molecular complexity index is 463. The van der Waals surface area contributed by atoms with Crippen LogP contribution in [0.25, 0.3) is 0 Å². The van der Waals surface area contributed by atoms with Gasteiger partial charge in [0, 0.05) is 24.5 Å². The second-order valence-corrected chi connectivity index (χ2v) is 6.05. The fourth-order valence-electron chi connectivity index (χ4n) is 2.13. The summed E-state index contributed by atoms with van der Waals surface area (Å²) in [6.07, 6.45) is 2.39. The van der Waals surface area contributed by atoms with Crippen LogP contribution in [0.2, 0.25) is 0 Å². The van der Waals surface area contributed by atoms with Crippen molar-refractivity contribution in [2.45, 2.75) is 51.2 Å². The predicted molar refractivity (Wildman–Crippen MR) is 72.9 cm³/mol. The Kier molecular flexibility index (Phi) is 3.90. The summed E-state index contributed by atoms with van der Waals surface area (Å²) in [7, 11) is 0. The number of halogens is 1. The molecule has 4 heteroatoms. The van der Waals surface area contributed by atoms with Crippen molar-refractivity contribution < 1.29 is 9.18 Å². The lowest BCUT2D eigenvalue weighted by atomic mass is 10.0. The first kappa shape index (κ1) is 14.0. The molecule has 3 nitrogen and oxygen atoms in total. The van der Waals surface area contributed by atoms with Crippen molar-refractivity contribution in [2.24, 2.45) is 5.73 Å². The van der Waals surface area contributed by atoms with Crippen molar-refractivity contribution in [3.05, 3.63) is 35.6 Å². The van der Waals surface area contributed by atoms with Gasteiger partial charge < -0.3 is 10.6 Å². The second kappa shape index (κ2) is 5.29. The Morgan fingerprint density at radius 2 is 2.16 bits per heavy atom. The highest BCUT2D eigenvalue weighted by Gasteiger charge is 2.34. The molecule has 2 N–H and O–H groups in total. The summed E-state index contributed by atoms with van der Waals surface area (Å²) in [5.74, 6) is -0.209. The van der Waals surface area contributed by atoms with Crippen LogP contribution in [0.3, 0.4) is 0 Å².